The number of ether oxygens (including phenoxy) is 3. The van der Waals surface area contributed by atoms with Gasteiger partial charge >= 0.3 is 0 Å². The van der Waals surface area contributed by atoms with Gasteiger partial charge in [0.2, 0.25) is 6.79 Å². The molecule has 5 rings (SSSR count). The van der Waals surface area contributed by atoms with Gasteiger partial charge in [-0.05, 0) is 66.4 Å². The Balaban J connectivity index is 1.18. The molecule has 0 unspecified atom stereocenters. The molecule has 3 aromatic carbocycles. The van der Waals surface area contributed by atoms with E-state index < -0.39 is 0 Å². The number of carbonyl (C=O) groups is 2. The van der Waals surface area contributed by atoms with Crippen LogP contribution in [0.2, 0.25) is 0 Å². The van der Waals surface area contributed by atoms with E-state index in [9.17, 15) is 9.59 Å². The Morgan fingerprint density at radius 3 is 2.57 bits per heavy atom. The number of para-hydroxylation sites is 1. The van der Waals surface area contributed by atoms with Crippen molar-refractivity contribution >= 4 is 51.9 Å². The third-order valence-electron chi connectivity index (χ3n) is 5.94. The number of hydrogen-bond donors (Lipinski definition) is 1. The first kappa shape index (κ1) is 24.9. The number of nitrogens with one attached hydrogen (secondary N) is 1. The molecule has 1 fully saturated rings. The molecule has 0 aliphatic carbocycles. The molecule has 0 atom stereocenters. The molecule has 1 saturated heterocycles. The van der Waals surface area contributed by atoms with E-state index in [-0.39, 0.29) is 25.2 Å². The molecule has 37 heavy (non-hydrogen) atoms. The Kier molecular flexibility index (Phi) is 7.16. The second-order valence-corrected chi connectivity index (χ2v) is 10.3. The van der Waals surface area contributed by atoms with E-state index in [4.69, 9.17) is 26.4 Å². The summed E-state index contributed by atoms with van der Waals surface area (Å²) in [5, 5.41) is 2.91. The fourth-order valence-corrected chi connectivity index (χ4v) is 5.26. The summed E-state index contributed by atoms with van der Waals surface area (Å²) in [4.78, 5) is 27.5. The molecular formula is C28H24N2O5S2. The summed E-state index contributed by atoms with van der Waals surface area (Å²) in [7, 11) is 0. The van der Waals surface area contributed by atoms with Crippen molar-refractivity contribution in [2.24, 2.45) is 0 Å². The van der Waals surface area contributed by atoms with Crippen molar-refractivity contribution in [1.82, 2.24) is 4.90 Å². The fraction of sp³-hybridized carbons (Fsp3) is 0.179. The van der Waals surface area contributed by atoms with E-state index in [1.54, 1.807) is 23.1 Å². The quantitative estimate of drug-likeness (QED) is 0.320. The monoisotopic (exact) mass is 532 g/mol. The highest BCUT2D eigenvalue weighted by molar-refractivity contribution is 8.26. The lowest BCUT2D eigenvalue weighted by Crippen LogP contribution is -2.27. The second-order valence-electron chi connectivity index (χ2n) is 8.63. The molecule has 2 aliphatic rings. The molecule has 2 aliphatic heterocycles. The molecule has 0 saturated carbocycles. The summed E-state index contributed by atoms with van der Waals surface area (Å²) in [5.74, 6) is 1.56. The van der Waals surface area contributed by atoms with E-state index in [0.717, 1.165) is 27.9 Å². The van der Waals surface area contributed by atoms with Gasteiger partial charge in [-0.1, -0.05) is 60.4 Å². The van der Waals surface area contributed by atoms with Gasteiger partial charge in [0.15, 0.2) is 18.1 Å². The van der Waals surface area contributed by atoms with Crippen LogP contribution >= 0.6 is 24.0 Å². The van der Waals surface area contributed by atoms with Gasteiger partial charge in [-0.2, -0.15) is 0 Å². The zero-order valence-corrected chi connectivity index (χ0v) is 21.9. The molecule has 0 radical (unpaired) electrons. The number of carbonyl (C=O) groups excluding carboxylic acids is 2. The number of aryl methyl sites for hydroxylation is 2. The van der Waals surface area contributed by atoms with Crippen molar-refractivity contribution in [3.8, 4) is 17.2 Å². The van der Waals surface area contributed by atoms with E-state index >= 15 is 0 Å². The Morgan fingerprint density at radius 2 is 1.81 bits per heavy atom. The van der Waals surface area contributed by atoms with E-state index in [2.05, 4.69) is 5.32 Å². The molecule has 2 amide bonds. The summed E-state index contributed by atoms with van der Waals surface area (Å²) < 4.78 is 16.9. The van der Waals surface area contributed by atoms with Crippen molar-refractivity contribution in [2.45, 2.75) is 20.4 Å². The topological polar surface area (TPSA) is 77.1 Å². The van der Waals surface area contributed by atoms with Gasteiger partial charge in [-0.25, -0.2) is 0 Å². The van der Waals surface area contributed by atoms with E-state index in [1.807, 2.05) is 62.4 Å². The van der Waals surface area contributed by atoms with Crippen molar-refractivity contribution in [1.29, 1.82) is 0 Å². The number of thiocarbonyl (C=S) groups is 1. The number of nitrogens with zero attached hydrogens (tertiary/aromatic N) is 1. The maximum absolute atomic E-state index is 13.0. The SMILES string of the molecule is Cc1cccc(C)c1NC(=O)COc1ccc(/C=C2\SC(=S)N(Cc3ccc4c(c3)OCO4)C2=O)cc1. The molecule has 2 heterocycles. The number of amides is 2. The summed E-state index contributed by atoms with van der Waals surface area (Å²) in [6.45, 7) is 4.36. The van der Waals surface area contributed by atoms with Crippen LogP contribution in [0.25, 0.3) is 6.08 Å². The van der Waals surface area contributed by atoms with Crippen LogP contribution in [-0.2, 0) is 16.1 Å². The molecule has 0 aromatic heterocycles. The van der Waals surface area contributed by atoms with Crippen LogP contribution in [0.5, 0.6) is 17.2 Å². The first-order valence-electron chi connectivity index (χ1n) is 11.6. The molecule has 7 nitrogen and oxygen atoms in total. The zero-order chi connectivity index (χ0) is 25.9. The van der Waals surface area contributed by atoms with Crippen LogP contribution in [0.15, 0.2) is 65.6 Å². The van der Waals surface area contributed by atoms with Crippen LogP contribution in [0.4, 0.5) is 5.69 Å². The number of anilines is 1. The molecule has 1 N–H and O–H groups in total. The van der Waals surface area contributed by atoms with Crippen molar-refractivity contribution in [3.05, 3.63) is 87.8 Å². The highest BCUT2D eigenvalue weighted by atomic mass is 32.2. The Hall–Kier alpha value is -3.82. The number of rotatable bonds is 7. The van der Waals surface area contributed by atoms with Crippen LogP contribution < -0.4 is 19.5 Å². The maximum Gasteiger partial charge on any atom is 0.266 e. The van der Waals surface area contributed by atoms with Gasteiger partial charge in [0, 0.05) is 5.69 Å². The lowest BCUT2D eigenvalue weighted by molar-refractivity contribution is -0.122. The number of benzene rings is 3. The van der Waals surface area contributed by atoms with Crippen molar-refractivity contribution in [3.63, 3.8) is 0 Å². The van der Waals surface area contributed by atoms with Crippen LogP contribution in [0, 0.1) is 13.8 Å². The largest absolute Gasteiger partial charge is 0.484 e. The predicted molar refractivity (Wildman–Crippen MR) is 148 cm³/mol. The second kappa shape index (κ2) is 10.7. The predicted octanol–water partition coefficient (Wildman–Crippen LogP) is 5.45. The van der Waals surface area contributed by atoms with Crippen LogP contribution in [-0.4, -0.2) is 34.4 Å². The highest BCUT2D eigenvalue weighted by Crippen LogP contribution is 2.36. The van der Waals surface area contributed by atoms with Gasteiger partial charge in [0.1, 0.15) is 10.1 Å². The van der Waals surface area contributed by atoms with Crippen molar-refractivity contribution < 1.29 is 23.8 Å². The summed E-state index contributed by atoms with van der Waals surface area (Å²) in [6, 6.07) is 18.7. The lowest BCUT2D eigenvalue weighted by atomic mass is 10.1. The van der Waals surface area contributed by atoms with E-state index in [0.29, 0.717) is 33.0 Å². The number of thioether (sulfide) groups is 1. The summed E-state index contributed by atoms with van der Waals surface area (Å²) >= 11 is 6.74. The smallest absolute Gasteiger partial charge is 0.266 e. The third kappa shape index (κ3) is 5.63. The van der Waals surface area contributed by atoms with Gasteiger partial charge in [0.25, 0.3) is 11.8 Å². The minimum Gasteiger partial charge on any atom is -0.484 e. The Morgan fingerprint density at radius 1 is 1.08 bits per heavy atom. The first-order chi connectivity index (χ1) is 17.9. The third-order valence-corrected chi connectivity index (χ3v) is 7.32. The molecular weight excluding hydrogens is 508 g/mol. The van der Waals surface area contributed by atoms with Crippen LogP contribution in [0.3, 0.4) is 0 Å². The average molecular weight is 533 g/mol. The van der Waals surface area contributed by atoms with Crippen LogP contribution in [0.1, 0.15) is 22.3 Å². The molecule has 188 valence electrons. The molecule has 3 aromatic rings. The standard InChI is InChI=1S/C28H24N2O5S2/c1-17-4-3-5-18(2)26(17)29-25(31)15-33-21-9-6-19(7-10-21)13-24-27(32)30(28(36)37-24)14-20-8-11-22-23(12-20)35-16-34-22/h3-13H,14-16H2,1-2H3,(H,29,31)/b24-13-. The van der Waals surface area contributed by atoms with Gasteiger partial charge < -0.3 is 19.5 Å². The van der Waals surface area contributed by atoms with Gasteiger partial charge in [-0.15, -0.1) is 0 Å². The average Bonchev–Trinajstić information content (AvgIpc) is 3.45. The number of fused-ring (bicyclic) bond motifs is 1. The minimum absolute atomic E-state index is 0.106. The lowest BCUT2D eigenvalue weighted by Gasteiger charge is -2.14. The van der Waals surface area contributed by atoms with Crippen molar-refractivity contribution in [2.75, 3.05) is 18.7 Å². The Labute approximate surface area is 224 Å². The highest BCUT2D eigenvalue weighted by Gasteiger charge is 2.32. The molecule has 0 spiro atoms. The van der Waals surface area contributed by atoms with E-state index in [1.165, 1.54) is 11.8 Å². The number of hydrogen-bond acceptors (Lipinski definition) is 7. The zero-order valence-electron chi connectivity index (χ0n) is 20.3. The fourth-order valence-electron chi connectivity index (χ4n) is 4.01. The summed E-state index contributed by atoms with van der Waals surface area (Å²) in [6.07, 6.45) is 1.80. The molecule has 0 bridgehead atoms. The Bertz CT molecular complexity index is 1400. The molecule has 9 heteroatoms. The van der Waals surface area contributed by atoms with Gasteiger partial charge in [0.05, 0.1) is 11.4 Å². The van der Waals surface area contributed by atoms with Gasteiger partial charge in [-0.3, -0.25) is 14.5 Å². The summed E-state index contributed by atoms with van der Waals surface area (Å²) in [5.41, 5.74) is 4.54. The minimum atomic E-state index is -0.229. The maximum atomic E-state index is 13.0. The first-order valence-corrected chi connectivity index (χ1v) is 12.8. The normalized spacial score (nSPS) is 15.4.